The molecule has 4 nitrogen and oxygen atoms in total. The average Bonchev–Trinajstić information content (AvgIpc) is 2.32. The highest BCUT2D eigenvalue weighted by molar-refractivity contribution is 5.57. The van der Waals surface area contributed by atoms with E-state index in [1.165, 1.54) is 0 Å². The molecule has 18 heavy (non-hydrogen) atoms. The van der Waals surface area contributed by atoms with E-state index >= 15 is 0 Å². The van der Waals surface area contributed by atoms with E-state index in [0.29, 0.717) is 17.1 Å². The van der Waals surface area contributed by atoms with Crippen molar-refractivity contribution in [3.63, 3.8) is 0 Å². The van der Waals surface area contributed by atoms with Gasteiger partial charge < -0.3 is 4.98 Å². The molecule has 0 saturated carbocycles. The molecular formula is C14H17N3O. The third-order valence-corrected chi connectivity index (χ3v) is 2.77. The van der Waals surface area contributed by atoms with E-state index in [2.05, 4.69) is 15.0 Å². The summed E-state index contributed by atoms with van der Waals surface area (Å²) in [4.78, 5) is 23.6. The molecule has 94 valence electrons. The summed E-state index contributed by atoms with van der Waals surface area (Å²) >= 11 is 0. The van der Waals surface area contributed by atoms with E-state index in [-0.39, 0.29) is 11.0 Å². The first kappa shape index (κ1) is 12.5. The maximum Gasteiger partial charge on any atom is 0.254 e. The highest BCUT2D eigenvalue weighted by atomic mass is 16.1. The monoisotopic (exact) mass is 243 g/mol. The zero-order valence-corrected chi connectivity index (χ0v) is 11.1. The SMILES string of the molecule is Cc1c(-c2ccccn2)nc(C(C)(C)C)[nH]c1=O. The number of hydrogen-bond acceptors (Lipinski definition) is 3. The minimum atomic E-state index is -0.198. The summed E-state index contributed by atoms with van der Waals surface area (Å²) in [6.45, 7) is 7.82. The van der Waals surface area contributed by atoms with Crippen LogP contribution in [-0.2, 0) is 5.41 Å². The van der Waals surface area contributed by atoms with Gasteiger partial charge in [0.2, 0.25) is 0 Å². The van der Waals surface area contributed by atoms with Crippen molar-refractivity contribution in [2.24, 2.45) is 0 Å². The molecule has 1 N–H and O–H groups in total. The van der Waals surface area contributed by atoms with Crippen LogP contribution in [-0.4, -0.2) is 15.0 Å². The number of pyridine rings is 1. The topological polar surface area (TPSA) is 58.6 Å². The standard InChI is InChI=1S/C14H17N3O/c1-9-11(10-7-5-6-8-15-10)16-13(14(2,3)4)17-12(9)18/h5-8H,1-4H3,(H,16,17,18). The van der Waals surface area contributed by atoms with Gasteiger partial charge in [0.05, 0.1) is 11.4 Å². The van der Waals surface area contributed by atoms with Crippen molar-refractivity contribution in [2.75, 3.05) is 0 Å². The van der Waals surface area contributed by atoms with Gasteiger partial charge in [-0.2, -0.15) is 0 Å². The van der Waals surface area contributed by atoms with Crippen LogP contribution in [0.2, 0.25) is 0 Å². The Hall–Kier alpha value is -1.97. The minimum Gasteiger partial charge on any atom is -0.310 e. The molecule has 0 aromatic carbocycles. The summed E-state index contributed by atoms with van der Waals surface area (Å²) in [5.41, 5.74) is 1.68. The van der Waals surface area contributed by atoms with Crippen LogP contribution < -0.4 is 5.56 Å². The van der Waals surface area contributed by atoms with Crippen molar-refractivity contribution < 1.29 is 0 Å². The van der Waals surface area contributed by atoms with Crippen LogP contribution in [0.1, 0.15) is 32.2 Å². The second-order valence-corrected chi connectivity index (χ2v) is 5.35. The summed E-state index contributed by atoms with van der Waals surface area (Å²) in [5.74, 6) is 0.679. The van der Waals surface area contributed by atoms with Crippen LogP contribution in [0.4, 0.5) is 0 Å². The molecule has 0 aliphatic heterocycles. The first-order chi connectivity index (χ1) is 8.39. The quantitative estimate of drug-likeness (QED) is 0.836. The lowest BCUT2D eigenvalue weighted by atomic mass is 9.95. The number of hydrogen-bond donors (Lipinski definition) is 1. The minimum absolute atomic E-state index is 0.101. The van der Waals surface area contributed by atoms with Gasteiger partial charge in [-0.1, -0.05) is 26.8 Å². The zero-order valence-electron chi connectivity index (χ0n) is 11.1. The summed E-state index contributed by atoms with van der Waals surface area (Å²) in [5, 5.41) is 0. The number of H-pyrrole nitrogens is 1. The van der Waals surface area contributed by atoms with Crippen molar-refractivity contribution in [3.8, 4) is 11.4 Å². The van der Waals surface area contributed by atoms with Gasteiger partial charge in [0.1, 0.15) is 5.82 Å². The van der Waals surface area contributed by atoms with Gasteiger partial charge in [-0.25, -0.2) is 4.98 Å². The van der Waals surface area contributed by atoms with Crippen molar-refractivity contribution in [2.45, 2.75) is 33.1 Å². The Kier molecular flexibility index (Phi) is 3.03. The third-order valence-electron chi connectivity index (χ3n) is 2.77. The molecule has 0 fully saturated rings. The first-order valence-electron chi connectivity index (χ1n) is 5.92. The van der Waals surface area contributed by atoms with Gasteiger partial charge in [-0.15, -0.1) is 0 Å². The lowest BCUT2D eigenvalue weighted by Crippen LogP contribution is -2.24. The van der Waals surface area contributed by atoms with Gasteiger partial charge in [0.25, 0.3) is 5.56 Å². The van der Waals surface area contributed by atoms with E-state index in [4.69, 9.17) is 0 Å². The van der Waals surface area contributed by atoms with Crippen LogP contribution in [0, 0.1) is 6.92 Å². The van der Waals surface area contributed by atoms with Crippen LogP contribution in [0.3, 0.4) is 0 Å². The molecule has 2 heterocycles. The third kappa shape index (κ3) is 2.32. The van der Waals surface area contributed by atoms with Gasteiger partial charge in [0, 0.05) is 17.2 Å². The van der Waals surface area contributed by atoms with Crippen LogP contribution >= 0.6 is 0 Å². The fourth-order valence-corrected chi connectivity index (χ4v) is 1.64. The van der Waals surface area contributed by atoms with Gasteiger partial charge in [-0.05, 0) is 19.1 Å². The number of nitrogens with one attached hydrogen (secondary N) is 1. The second kappa shape index (κ2) is 4.37. The molecule has 0 atom stereocenters. The molecule has 0 radical (unpaired) electrons. The van der Waals surface area contributed by atoms with Crippen LogP contribution in [0.5, 0.6) is 0 Å². The summed E-state index contributed by atoms with van der Waals surface area (Å²) < 4.78 is 0. The number of nitrogens with zero attached hydrogens (tertiary/aromatic N) is 2. The van der Waals surface area contributed by atoms with E-state index < -0.39 is 0 Å². The lowest BCUT2D eigenvalue weighted by Gasteiger charge is -2.18. The average molecular weight is 243 g/mol. The first-order valence-corrected chi connectivity index (χ1v) is 5.92. The van der Waals surface area contributed by atoms with Gasteiger partial charge in [0.15, 0.2) is 0 Å². The van der Waals surface area contributed by atoms with E-state index in [9.17, 15) is 4.79 Å². The number of aromatic nitrogens is 3. The predicted molar refractivity (Wildman–Crippen MR) is 71.5 cm³/mol. The Labute approximate surface area is 106 Å². The largest absolute Gasteiger partial charge is 0.310 e. The molecule has 4 heteroatoms. The van der Waals surface area contributed by atoms with Gasteiger partial charge in [-0.3, -0.25) is 9.78 Å². The number of rotatable bonds is 1. The van der Waals surface area contributed by atoms with Crippen molar-refractivity contribution in [1.29, 1.82) is 0 Å². The van der Waals surface area contributed by atoms with Crippen molar-refractivity contribution in [3.05, 3.63) is 46.1 Å². The number of aromatic amines is 1. The molecule has 2 rings (SSSR count). The fraction of sp³-hybridized carbons (Fsp3) is 0.357. The Balaban J connectivity index is 2.68. The maximum absolute atomic E-state index is 12.0. The zero-order chi connectivity index (χ0) is 13.3. The predicted octanol–water partition coefficient (Wildman–Crippen LogP) is 2.44. The summed E-state index contributed by atoms with van der Waals surface area (Å²) in [6.07, 6.45) is 1.70. The molecule has 0 spiro atoms. The van der Waals surface area contributed by atoms with E-state index in [1.54, 1.807) is 13.1 Å². The Morgan fingerprint density at radius 3 is 2.50 bits per heavy atom. The molecule has 0 aliphatic rings. The maximum atomic E-state index is 12.0. The van der Waals surface area contributed by atoms with Crippen LogP contribution in [0.25, 0.3) is 11.4 Å². The fourth-order valence-electron chi connectivity index (χ4n) is 1.64. The summed E-state index contributed by atoms with van der Waals surface area (Å²) in [6, 6.07) is 5.60. The lowest BCUT2D eigenvalue weighted by molar-refractivity contribution is 0.542. The normalized spacial score (nSPS) is 11.6. The molecule has 0 saturated heterocycles. The molecule has 2 aromatic heterocycles. The van der Waals surface area contributed by atoms with E-state index in [1.807, 2.05) is 39.0 Å². The Morgan fingerprint density at radius 1 is 1.22 bits per heavy atom. The molecule has 0 unspecified atom stereocenters. The molecule has 0 bridgehead atoms. The molecular weight excluding hydrogens is 226 g/mol. The highest BCUT2D eigenvalue weighted by Gasteiger charge is 2.20. The Bertz CT molecular complexity index is 609. The van der Waals surface area contributed by atoms with E-state index in [0.717, 1.165) is 5.69 Å². The van der Waals surface area contributed by atoms with Gasteiger partial charge >= 0.3 is 0 Å². The van der Waals surface area contributed by atoms with Crippen LogP contribution in [0.15, 0.2) is 29.2 Å². The van der Waals surface area contributed by atoms with Crippen molar-refractivity contribution >= 4 is 0 Å². The Morgan fingerprint density at radius 2 is 1.94 bits per heavy atom. The second-order valence-electron chi connectivity index (χ2n) is 5.35. The van der Waals surface area contributed by atoms with Crippen molar-refractivity contribution in [1.82, 2.24) is 15.0 Å². The molecule has 2 aromatic rings. The molecule has 0 aliphatic carbocycles. The molecule has 0 amide bonds. The highest BCUT2D eigenvalue weighted by Crippen LogP contribution is 2.21. The summed E-state index contributed by atoms with van der Waals surface area (Å²) in [7, 11) is 0. The smallest absolute Gasteiger partial charge is 0.254 e.